The third-order valence-corrected chi connectivity index (χ3v) is 2.69. The van der Waals surface area contributed by atoms with Gasteiger partial charge in [-0.3, -0.25) is 9.69 Å². The molecule has 1 aromatic heterocycles. The van der Waals surface area contributed by atoms with Crippen molar-refractivity contribution in [1.29, 1.82) is 0 Å². The molecule has 3 heteroatoms. The molecule has 0 aliphatic carbocycles. The predicted octanol–water partition coefficient (Wildman–Crippen LogP) is 1.36. The molecular weight excluding hydrogens is 176 g/mol. The van der Waals surface area contributed by atoms with Gasteiger partial charge in [0.05, 0.1) is 0 Å². The van der Waals surface area contributed by atoms with Crippen LogP contribution in [0.15, 0.2) is 23.1 Å². The Bertz CT molecular complexity index is 339. The van der Waals surface area contributed by atoms with Crippen LogP contribution in [-0.2, 0) is 6.54 Å². The van der Waals surface area contributed by atoms with Gasteiger partial charge in [-0.2, -0.15) is 0 Å². The minimum atomic E-state index is -0.000454. The topological polar surface area (TPSA) is 36.1 Å². The average molecular weight is 192 g/mol. The molecule has 1 aromatic rings. The highest BCUT2D eigenvalue weighted by atomic mass is 16.1. The standard InChI is InChI=1S/C11H16N2O/c14-11-8-10(4-5-12-11)9-13-6-2-1-3-7-13/h4-5,8H,1-3,6-7,9H2,(H,12,14). The van der Waals surface area contributed by atoms with Crippen LogP contribution < -0.4 is 5.56 Å². The second-order valence-corrected chi connectivity index (χ2v) is 3.90. The Morgan fingerprint density at radius 2 is 2.07 bits per heavy atom. The third kappa shape index (κ3) is 2.45. The van der Waals surface area contributed by atoms with Crippen LogP contribution in [0.3, 0.4) is 0 Å². The summed E-state index contributed by atoms with van der Waals surface area (Å²) in [6.45, 7) is 3.27. The number of likely N-dealkylation sites (tertiary alicyclic amines) is 1. The van der Waals surface area contributed by atoms with E-state index in [1.807, 2.05) is 6.07 Å². The molecule has 1 aliphatic heterocycles. The van der Waals surface area contributed by atoms with Crippen molar-refractivity contribution in [2.45, 2.75) is 25.8 Å². The number of nitrogens with zero attached hydrogens (tertiary/aromatic N) is 1. The third-order valence-electron chi connectivity index (χ3n) is 2.69. The monoisotopic (exact) mass is 192 g/mol. The fourth-order valence-corrected chi connectivity index (χ4v) is 1.96. The summed E-state index contributed by atoms with van der Waals surface area (Å²) >= 11 is 0. The summed E-state index contributed by atoms with van der Waals surface area (Å²) in [7, 11) is 0. The van der Waals surface area contributed by atoms with E-state index in [-0.39, 0.29) is 5.56 Å². The summed E-state index contributed by atoms with van der Waals surface area (Å²) in [5.74, 6) is 0. The van der Waals surface area contributed by atoms with Crippen LogP contribution in [0, 0.1) is 0 Å². The number of rotatable bonds is 2. The molecule has 0 radical (unpaired) electrons. The van der Waals surface area contributed by atoms with E-state index in [2.05, 4.69) is 9.88 Å². The van der Waals surface area contributed by atoms with E-state index in [0.29, 0.717) is 0 Å². The van der Waals surface area contributed by atoms with Gasteiger partial charge in [0, 0.05) is 18.8 Å². The highest BCUT2D eigenvalue weighted by Crippen LogP contribution is 2.11. The smallest absolute Gasteiger partial charge is 0.248 e. The molecule has 0 aromatic carbocycles. The van der Waals surface area contributed by atoms with Gasteiger partial charge < -0.3 is 4.98 Å². The molecule has 1 aliphatic rings. The minimum absolute atomic E-state index is 0.000454. The average Bonchev–Trinajstić information content (AvgIpc) is 2.19. The molecule has 0 spiro atoms. The maximum atomic E-state index is 11.1. The SMILES string of the molecule is O=c1cc(CN2CCCCC2)cc[nH]1. The Labute approximate surface area is 83.8 Å². The number of nitrogens with one attached hydrogen (secondary N) is 1. The fourth-order valence-electron chi connectivity index (χ4n) is 1.96. The lowest BCUT2D eigenvalue weighted by molar-refractivity contribution is 0.221. The summed E-state index contributed by atoms with van der Waals surface area (Å²) in [5.41, 5.74) is 1.12. The van der Waals surface area contributed by atoms with Crippen molar-refractivity contribution in [3.63, 3.8) is 0 Å². The van der Waals surface area contributed by atoms with Crippen LogP contribution >= 0.6 is 0 Å². The molecule has 0 amide bonds. The number of hydrogen-bond donors (Lipinski definition) is 1. The lowest BCUT2D eigenvalue weighted by Gasteiger charge is -2.26. The van der Waals surface area contributed by atoms with Crippen LogP contribution in [0.4, 0.5) is 0 Å². The van der Waals surface area contributed by atoms with E-state index in [1.54, 1.807) is 12.3 Å². The molecule has 3 nitrogen and oxygen atoms in total. The van der Waals surface area contributed by atoms with E-state index < -0.39 is 0 Å². The summed E-state index contributed by atoms with van der Waals surface area (Å²) in [6.07, 6.45) is 5.67. The van der Waals surface area contributed by atoms with Gasteiger partial charge in [0.25, 0.3) is 0 Å². The minimum Gasteiger partial charge on any atom is -0.329 e. The lowest BCUT2D eigenvalue weighted by atomic mass is 10.1. The highest BCUT2D eigenvalue weighted by molar-refractivity contribution is 5.09. The van der Waals surface area contributed by atoms with Crippen molar-refractivity contribution in [2.75, 3.05) is 13.1 Å². The van der Waals surface area contributed by atoms with Gasteiger partial charge >= 0.3 is 0 Å². The molecule has 0 saturated carbocycles. The number of H-pyrrole nitrogens is 1. The first-order valence-electron chi connectivity index (χ1n) is 5.24. The summed E-state index contributed by atoms with van der Waals surface area (Å²) < 4.78 is 0. The van der Waals surface area contributed by atoms with Gasteiger partial charge in [0.1, 0.15) is 0 Å². The maximum Gasteiger partial charge on any atom is 0.248 e. The van der Waals surface area contributed by atoms with Crippen LogP contribution in [0.2, 0.25) is 0 Å². The van der Waals surface area contributed by atoms with Crippen molar-refractivity contribution in [1.82, 2.24) is 9.88 Å². The van der Waals surface area contributed by atoms with Gasteiger partial charge in [-0.05, 0) is 37.6 Å². The zero-order chi connectivity index (χ0) is 9.80. The number of hydrogen-bond acceptors (Lipinski definition) is 2. The van der Waals surface area contributed by atoms with E-state index in [0.717, 1.165) is 12.1 Å². The Hall–Kier alpha value is -1.09. The van der Waals surface area contributed by atoms with Crippen molar-refractivity contribution < 1.29 is 0 Å². The van der Waals surface area contributed by atoms with Crippen LogP contribution in [0.1, 0.15) is 24.8 Å². The molecule has 0 unspecified atom stereocenters. The van der Waals surface area contributed by atoms with Crippen LogP contribution in [-0.4, -0.2) is 23.0 Å². The first-order valence-corrected chi connectivity index (χ1v) is 5.24. The number of aromatic nitrogens is 1. The van der Waals surface area contributed by atoms with Gasteiger partial charge in [-0.1, -0.05) is 6.42 Å². The Morgan fingerprint density at radius 3 is 2.79 bits per heavy atom. The second-order valence-electron chi connectivity index (χ2n) is 3.90. The molecule has 1 saturated heterocycles. The van der Waals surface area contributed by atoms with Crippen molar-refractivity contribution in [2.24, 2.45) is 0 Å². The van der Waals surface area contributed by atoms with Crippen molar-refractivity contribution in [3.8, 4) is 0 Å². The van der Waals surface area contributed by atoms with E-state index in [1.165, 1.54) is 32.4 Å². The van der Waals surface area contributed by atoms with Crippen LogP contribution in [0.5, 0.6) is 0 Å². The molecule has 1 fully saturated rings. The molecule has 2 heterocycles. The Morgan fingerprint density at radius 1 is 1.29 bits per heavy atom. The van der Waals surface area contributed by atoms with Crippen molar-refractivity contribution >= 4 is 0 Å². The summed E-state index contributed by atoms with van der Waals surface area (Å²) in [5, 5.41) is 0. The van der Waals surface area contributed by atoms with Gasteiger partial charge in [-0.25, -0.2) is 0 Å². The largest absolute Gasteiger partial charge is 0.329 e. The molecule has 14 heavy (non-hydrogen) atoms. The zero-order valence-corrected chi connectivity index (χ0v) is 8.33. The normalized spacial score (nSPS) is 18.3. The van der Waals surface area contributed by atoms with E-state index in [9.17, 15) is 4.79 Å². The van der Waals surface area contributed by atoms with Gasteiger partial charge in [-0.15, -0.1) is 0 Å². The highest BCUT2D eigenvalue weighted by Gasteiger charge is 2.09. The zero-order valence-electron chi connectivity index (χ0n) is 8.33. The van der Waals surface area contributed by atoms with Gasteiger partial charge in [0.2, 0.25) is 5.56 Å². The van der Waals surface area contributed by atoms with Crippen molar-refractivity contribution in [3.05, 3.63) is 34.2 Å². The first-order chi connectivity index (χ1) is 6.84. The number of piperidine rings is 1. The summed E-state index contributed by atoms with van der Waals surface area (Å²) in [6, 6.07) is 3.67. The molecular formula is C11H16N2O. The van der Waals surface area contributed by atoms with Gasteiger partial charge in [0.15, 0.2) is 0 Å². The number of pyridine rings is 1. The van der Waals surface area contributed by atoms with E-state index in [4.69, 9.17) is 0 Å². The Balaban J connectivity index is 1.99. The second kappa shape index (κ2) is 4.42. The van der Waals surface area contributed by atoms with E-state index >= 15 is 0 Å². The molecule has 0 bridgehead atoms. The Kier molecular flexibility index (Phi) is 2.99. The molecule has 76 valence electrons. The quantitative estimate of drug-likeness (QED) is 0.768. The molecule has 1 N–H and O–H groups in total. The summed E-state index contributed by atoms with van der Waals surface area (Å²) in [4.78, 5) is 16.1. The fraction of sp³-hybridized carbons (Fsp3) is 0.545. The number of aromatic amines is 1. The maximum absolute atomic E-state index is 11.1. The predicted molar refractivity (Wildman–Crippen MR) is 56.2 cm³/mol. The first kappa shape index (κ1) is 9.46. The molecule has 2 rings (SSSR count). The molecule has 0 atom stereocenters. The van der Waals surface area contributed by atoms with Crippen LogP contribution in [0.25, 0.3) is 0 Å². The lowest BCUT2D eigenvalue weighted by Crippen LogP contribution is -2.29.